The van der Waals surface area contributed by atoms with Crippen molar-refractivity contribution in [2.24, 2.45) is 0 Å². The lowest BCUT2D eigenvalue weighted by Gasteiger charge is -2.12. The van der Waals surface area contributed by atoms with Gasteiger partial charge in [-0.1, -0.05) is 42.0 Å². The largest absolute Gasteiger partial charge is 0.495 e. The van der Waals surface area contributed by atoms with Crippen LogP contribution < -0.4 is 9.46 Å². The Morgan fingerprint density at radius 2 is 1.65 bits per heavy atom. The number of ether oxygens (including phenoxy) is 1. The summed E-state index contributed by atoms with van der Waals surface area (Å²) in [6, 6.07) is 21.4. The van der Waals surface area contributed by atoms with Crippen molar-refractivity contribution in [1.82, 2.24) is 0 Å². The molecule has 0 radical (unpaired) electrons. The molecule has 3 aromatic carbocycles. The summed E-state index contributed by atoms with van der Waals surface area (Å²) in [4.78, 5) is 13.6. The Labute approximate surface area is 187 Å². The van der Waals surface area contributed by atoms with Gasteiger partial charge in [0.05, 0.1) is 17.7 Å². The molecule has 0 fully saturated rings. The minimum atomic E-state index is -3.76. The molecule has 0 aliphatic carbocycles. The Kier molecular flexibility index (Phi) is 7.76. The van der Waals surface area contributed by atoms with Gasteiger partial charge in [0.2, 0.25) is 0 Å². The molecule has 0 atom stereocenters. The highest BCUT2D eigenvalue weighted by Gasteiger charge is 2.16. The van der Waals surface area contributed by atoms with Crippen LogP contribution in [-0.2, 0) is 21.2 Å². The van der Waals surface area contributed by atoms with E-state index in [9.17, 15) is 13.2 Å². The van der Waals surface area contributed by atoms with Crippen LogP contribution in [0.15, 0.2) is 82.6 Å². The Bertz CT molecular complexity index is 1130. The number of para-hydroxylation sites is 2. The molecule has 0 aliphatic rings. The van der Waals surface area contributed by atoms with Gasteiger partial charge >= 0.3 is 0 Å². The lowest BCUT2D eigenvalue weighted by molar-refractivity contribution is -0.118. The average Bonchev–Trinajstić information content (AvgIpc) is 2.75. The first-order valence-electron chi connectivity index (χ1n) is 9.83. The molecule has 0 aromatic heterocycles. The predicted octanol–water partition coefficient (Wildman–Crippen LogP) is 5.10. The summed E-state index contributed by atoms with van der Waals surface area (Å²) < 4.78 is 33.1. The monoisotopic (exact) mass is 455 g/mol. The van der Waals surface area contributed by atoms with Crippen LogP contribution in [0, 0.1) is 6.92 Å². The van der Waals surface area contributed by atoms with Crippen LogP contribution in [0.4, 0.5) is 5.69 Å². The molecule has 0 bridgehead atoms. The number of benzene rings is 3. The maximum atomic E-state index is 12.7. The number of rotatable bonds is 10. The summed E-state index contributed by atoms with van der Waals surface area (Å²) in [7, 11) is -2.27. The van der Waals surface area contributed by atoms with Crippen LogP contribution in [0.3, 0.4) is 0 Å². The van der Waals surface area contributed by atoms with Gasteiger partial charge in [0, 0.05) is 23.5 Å². The van der Waals surface area contributed by atoms with E-state index in [0.29, 0.717) is 17.9 Å². The molecule has 0 heterocycles. The standard InChI is InChI=1S/C24H25NO4S2/c1-18-7-11-21(12-8-18)30-16-15-20(26)17-19-9-13-22(14-10-19)31(27,28)25-23-5-3-4-6-24(23)29-2/h3-14,25H,15-17H2,1-2H3. The Balaban J connectivity index is 1.55. The second kappa shape index (κ2) is 10.5. The van der Waals surface area contributed by atoms with Gasteiger partial charge in [-0.15, -0.1) is 11.8 Å². The van der Waals surface area contributed by atoms with E-state index >= 15 is 0 Å². The zero-order chi connectivity index (χ0) is 22.3. The van der Waals surface area contributed by atoms with Crippen molar-refractivity contribution in [3.8, 4) is 5.75 Å². The highest BCUT2D eigenvalue weighted by Crippen LogP contribution is 2.26. The molecule has 0 amide bonds. The maximum Gasteiger partial charge on any atom is 0.262 e. The van der Waals surface area contributed by atoms with Crippen LogP contribution in [0.5, 0.6) is 5.75 Å². The normalized spacial score (nSPS) is 11.2. The lowest BCUT2D eigenvalue weighted by Crippen LogP contribution is -2.13. The van der Waals surface area contributed by atoms with E-state index in [4.69, 9.17) is 4.74 Å². The zero-order valence-corrected chi connectivity index (χ0v) is 19.1. The third-order valence-corrected chi connectivity index (χ3v) is 7.05. The first-order chi connectivity index (χ1) is 14.9. The van der Waals surface area contributed by atoms with Crippen LogP contribution in [0.1, 0.15) is 17.5 Å². The number of hydrogen-bond donors (Lipinski definition) is 1. The summed E-state index contributed by atoms with van der Waals surface area (Å²) >= 11 is 1.66. The number of ketones is 1. The molecule has 0 unspecified atom stereocenters. The summed E-state index contributed by atoms with van der Waals surface area (Å²) in [5, 5.41) is 0. The van der Waals surface area contributed by atoms with Gasteiger partial charge in [-0.25, -0.2) is 8.42 Å². The van der Waals surface area contributed by atoms with Crippen molar-refractivity contribution in [3.05, 3.63) is 83.9 Å². The van der Waals surface area contributed by atoms with E-state index in [2.05, 4.69) is 29.0 Å². The van der Waals surface area contributed by atoms with E-state index < -0.39 is 10.0 Å². The number of sulfonamides is 1. The molecule has 162 valence electrons. The number of hydrogen-bond acceptors (Lipinski definition) is 5. The van der Waals surface area contributed by atoms with Gasteiger partial charge in [0.1, 0.15) is 11.5 Å². The molecule has 5 nitrogen and oxygen atoms in total. The van der Waals surface area contributed by atoms with Crippen LogP contribution in [-0.4, -0.2) is 27.1 Å². The van der Waals surface area contributed by atoms with E-state index in [-0.39, 0.29) is 17.1 Å². The van der Waals surface area contributed by atoms with Crippen molar-refractivity contribution in [3.63, 3.8) is 0 Å². The van der Waals surface area contributed by atoms with E-state index in [1.165, 1.54) is 24.8 Å². The molecule has 7 heteroatoms. The second-order valence-corrected chi connectivity index (χ2v) is 9.93. The average molecular weight is 456 g/mol. The first kappa shape index (κ1) is 22.9. The van der Waals surface area contributed by atoms with E-state index in [1.54, 1.807) is 48.2 Å². The number of methoxy groups -OCH3 is 1. The molecule has 0 spiro atoms. The second-order valence-electron chi connectivity index (χ2n) is 7.08. The van der Waals surface area contributed by atoms with Crippen LogP contribution in [0.25, 0.3) is 0 Å². The van der Waals surface area contributed by atoms with E-state index in [1.807, 2.05) is 6.92 Å². The maximum absolute atomic E-state index is 12.7. The van der Waals surface area contributed by atoms with Crippen LogP contribution in [0.2, 0.25) is 0 Å². The van der Waals surface area contributed by atoms with Gasteiger partial charge in [-0.3, -0.25) is 9.52 Å². The highest BCUT2D eigenvalue weighted by atomic mass is 32.2. The van der Waals surface area contributed by atoms with Gasteiger partial charge in [-0.05, 0) is 48.9 Å². The third-order valence-electron chi connectivity index (χ3n) is 4.66. The first-order valence-corrected chi connectivity index (χ1v) is 12.3. The molecule has 31 heavy (non-hydrogen) atoms. The Morgan fingerprint density at radius 3 is 2.32 bits per heavy atom. The quantitative estimate of drug-likeness (QED) is 0.431. The fourth-order valence-corrected chi connectivity index (χ4v) is 4.92. The van der Waals surface area contributed by atoms with E-state index in [0.717, 1.165) is 16.2 Å². The van der Waals surface area contributed by atoms with Gasteiger partial charge in [-0.2, -0.15) is 0 Å². The SMILES string of the molecule is COc1ccccc1NS(=O)(=O)c1ccc(CC(=O)CCSc2ccc(C)cc2)cc1. The molecule has 3 aromatic rings. The summed E-state index contributed by atoms with van der Waals surface area (Å²) in [6.07, 6.45) is 0.753. The van der Waals surface area contributed by atoms with Crippen molar-refractivity contribution < 1.29 is 17.9 Å². The number of thioether (sulfide) groups is 1. The minimum Gasteiger partial charge on any atom is -0.495 e. The fraction of sp³-hybridized carbons (Fsp3) is 0.208. The smallest absolute Gasteiger partial charge is 0.262 e. The molecule has 3 rings (SSSR count). The van der Waals surface area contributed by atoms with Crippen molar-refractivity contribution >= 4 is 33.3 Å². The molecule has 1 N–H and O–H groups in total. The lowest BCUT2D eigenvalue weighted by atomic mass is 10.1. The number of nitrogens with one attached hydrogen (secondary N) is 1. The Hall–Kier alpha value is -2.77. The Morgan fingerprint density at radius 1 is 0.968 bits per heavy atom. The summed E-state index contributed by atoms with van der Waals surface area (Å²) in [5.74, 6) is 1.29. The number of carbonyl (C=O) groups is 1. The zero-order valence-electron chi connectivity index (χ0n) is 17.5. The predicted molar refractivity (Wildman–Crippen MR) is 125 cm³/mol. The summed E-state index contributed by atoms with van der Waals surface area (Å²) in [6.45, 7) is 2.04. The molecule has 0 aliphatic heterocycles. The molecule has 0 saturated heterocycles. The summed E-state index contributed by atoms with van der Waals surface area (Å²) in [5.41, 5.74) is 2.38. The highest BCUT2D eigenvalue weighted by molar-refractivity contribution is 7.99. The van der Waals surface area contributed by atoms with Crippen LogP contribution >= 0.6 is 11.8 Å². The molecule has 0 saturated carbocycles. The number of Topliss-reactive ketones (excluding diaryl/α,β-unsaturated/α-hetero) is 1. The number of carbonyl (C=O) groups excluding carboxylic acids is 1. The molecular weight excluding hydrogens is 430 g/mol. The number of anilines is 1. The minimum absolute atomic E-state index is 0.127. The number of aryl methyl sites for hydroxylation is 1. The van der Waals surface area contributed by atoms with Gasteiger partial charge in [0.15, 0.2) is 0 Å². The van der Waals surface area contributed by atoms with Crippen molar-refractivity contribution in [1.29, 1.82) is 0 Å². The molecular formula is C24H25NO4S2. The third kappa shape index (κ3) is 6.60. The fourth-order valence-electron chi connectivity index (χ4n) is 2.95. The topological polar surface area (TPSA) is 72.5 Å². The van der Waals surface area contributed by atoms with Gasteiger partial charge in [0.25, 0.3) is 10.0 Å². The van der Waals surface area contributed by atoms with Crippen molar-refractivity contribution in [2.75, 3.05) is 17.6 Å². The van der Waals surface area contributed by atoms with Gasteiger partial charge < -0.3 is 4.74 Å². The van der Waals surface area contributed by atoms with Crippen molar-refractivity contribution in [2.45, 2.75) is 29.6 Å².